The van der Waals surface area contributed by atoms with Gasteiger partial charge in [0, 0.05) is 6.92 Å². The summed E-state index contributed by atoms with van der Waals surface area (Å²) in [7, 11) is 0. The number of hydrogen-bond acceptors (Lipinski definition) is 3. The molecule has 0 amide bonds. The van der Waals surface area contributed by atoms with Crippen LogP contribution in [0, 0.1) is 17.9 Å². The van der Waals surface area contributed by atoms with Gasteiger partial charge in [-0.3, -0.25) is 9.58 Å². The molecule has 4 nitrogen and oxygen atoms in total. The third-order valence-electron chi connectivity index (χ3n) is 0.991. The van der Waals surface area contributed by atoms with Gasteiger partial charge in [0.25, 0.3) is 0 Å². The molecular formula is C7H10N2O2. The summed E-state index contributed by atoms with van der Waals surface area (Å²) in [5.41, 5.74) is 0. The molecule has 0 N–H and O–H groups in total. The zero-order chi connectivity index (χ0) is 8.69. The molecule has 0 aliphatic carbocycles. The molecule has 0 saturated heterocycles. The maximum absolute atomic E-state index is 8.27. The van der Waals surface area contributed by atoms with Crippen LogP contribution >= 0.6 is 0 Å². The van der Waals surface area contributed by atoms with E-state index in [0.717, 1.165) is 0 Å². The van der Waals surface area contributed by atoms with Crippen molar-refractivity contribution in [2.75, 3.05) is 6.79 Å². The SMILES string of the molecule is [C-]#[N+]C(C)OCOC(C)C#N. The Bertz CT molecular complexity index is 160. The average molecular weight is 154 g/mol. The zero-order valence-electron chi connectivity index (χ0n) is 6.57. The second kappa shape index (κ2) is 5.67. The number of ether oxygens (including phenoxy) is 2. The molecule has 11 heavy (non-hydrogen) atoms. The molecule has 0 bridgehead atoms. The Morgan fingerprint density at radius 1 is 1.55 bits per heavy atom. The molecule has 0 heterocycles. The molecule has 2 atom stereocenters. The Kier molecular flexibility index (Phi) is 5.10. The van der Waals surface area contributed by atoms with Crippen LogP contribution in [0.2, 0.25) is 0 Å². The van der Waals surface area contributed by atoms with Crippen LogP contribution in [0.3, 0.4) is 0 Å². The summed E-state index contributed by atoms with van der Waals surface area (Å²) >= 11 is 0. The van der Waals surface area contributed by atoms with Gasteiger partial charge in [0.1, 0.15) is 6.10 Å². The van der Waals surface area contributed by atoms with Crippen LogP contribution in [0.4, 0.5) is 0 Å². The fourth-order valence-electron chi connectivity index (χ4n) is 0.314. The number of nitriles is 1. The van der Waals surface area contributed by atoms with Crippen molar-refractivity contribution < 1.29 is 9.47 Å². The highest BCUT2D eigenvalue weighted by atomic mass is 16.7. The lowest BCUT2D eigenvalue weighted by molar-refractivity contribution is -0.0842. The smallest absolute Gasteiger partial charge is 0.326 e. The molecule has 0 aromatic heterocycles. The predicted octanol–water partition coefficient (Wildman–Crippen LogP) is 1.15. The van der Waals surface area contributed by atoms with Crippen LogP contribution in [0.5, 0.6) is 0 Å². The van der Waals surface area contributed by atoms with Crippen LogP contribution in [0.25, 0.3) is 4.85 Å². The van der Waals surface area contributed by atoms with Gasteiger partial charge >= 0.3 is 6.23 Å². The lowest BCUT2D eigenvalue weighted by atomic mass is 10.5. The van der Waals surface area contributed by atoms with Crippen molar-refractivity contribution in [1.82, 2.24) is 0 Å². The third kappa shape index (κ3) is 5.35. The summed E-state index contributed by atoms with van der Waals surface area (Å²) < 4.78 is 9.67. The van der Waals surface area contributed by atoms with Crippen molar-refractivity contribution in [2.24, 2.45) is 0 Å². The van der Waals surface area contributed by atoms with E-state index in [1.165, 1.54) is 0 Å². The van der Waals surface area contributed by atoms with Gasteiger partial charge in [-0.25, -0.2) is 6.57 Å². The van der Waals surface area contributed by atoms with Crippen molar-refractivity contribution in [1.29, 1.82) is 5.26 Å². The van der Waals surface area contributed by atoms with E-state index in [9.17, 15) is 0 Å². The maximum atomic E-state index is 8.27. The van der Waals surface area contributed by atoms with Crippen molar-refractivity contribution in [3.63, 3.8) is 0 Å². The first-order chi connectivity index (χ1) is 5.20. The molecule has 0 aromatic carbocycles. The minimum absolute atomic E-state index is 0.00171. The first kappa shape index (κ1) is 9.90. The zero-order valence-corrected chi connectivity index (χ0v) is 6.57. The lowest BCUT2D eigenvalue weighted by Gasteiger charge is -2.04. The summed E-state index contributed by atoms with van der Waals surface area (Å²) in [5.74, 6) is 0. The third-order valence-corrected chi connectivity index (χ3v) is 0.991. The van der Waals surface area contributed by atoms with E-state index in [1.807, 2.05) is 6.07 Å². The lowest BCUT2D eigenvalue weighted by Crippen LogP contribution is -2.12. The Hall–Kier alpha value is -1.10. The first-order valence-electron chi connectivity index (χ1n) is 3.20. The molecule has 60 valence electrons. The van der Waals surface area contributed by atoms with E-state index in [4.69, 9.17) is 21.3 Å². The van der Waals surface area contributed by atoms with E-state index in [0.29, 0.717) is 0 Å². The molecule has 0 rings (SSSR count). The minimum atomic E-state index is -0.499. The Morgan fingerprint density at radius 2 is 2.18 bits per heavy atom. The average Bonchev–Trinajstić information content (AvgIpc) is 2.04. The molecule has 0 fully saturated rings. The molecule has 0 aromatic rings. The van der Waals surface area contributed by atoms with Crippen LogP contribution < -0.4 is 0 Å². The number of hydrogen-bond donors (Lipinski definition) is 0. The molecular weight excluding hydrogens is 144 g/mol. The van der Waals surface area contributed by atoms with Crippen LogP contribution in [-0.4, -0.2) is 19.1 Å². The van der Waals surface area contributed by atoms with Gasteiger partial charge < -0.3 is 4.74 Å². The summed E-state index contributed by atoms with van der Waals surface area (Å²) in [6.45, 7) is 9.75. The number of rotatable bonds is 4. The normalized spacial score (nSPS) is 14.5. The first-order valence-corrected chi connectivity index (χ1v) is 3.20. The summed E-state index contributed by atoms with van der Waals surface area (Å²) in [5, 5.41) is 8.27. The van der Waals surface area contributed by atoms with Gasteiger partial charge in [0.05, 0.1) is 6.07 Å². The van der Waals surface area contributed by atoms with Crippen molar-refractivity contribution in [2.45, 2.75) is 26.2 Å². The van der Waals surface area contributed by atoms with E-state index < -0.39 is 12.3 Å². The van der Waals surface area contributed by atoms with Gasteiger partial charge in [0.2, 0.25) is 0 Å². The van der Waals surface area contributed by atoms with Gasteiger partial charge in [0.15, 0.2) is 6.79 Å². The highest BCUT2D eigenvalue weighted by molar-refractivity contribution is 4.78. The van der Waals surface area contributed by atoms with Crippen LogP contribution in [0.1, 0.15) is 13.8 Å². The minimum Gasteiger partial charge on any atom is -0.337 e. The monoisotopic (exact) mass is 154 g/mol. The fraction of sp³-hybridized carbons (Fsp3) is 0.714. The van der Waals surface area contributed by atoms with E-state index in [1.54, 1.807) is 13.8 Å². The van der Waals surface area contributed by atoms with E-state index >= 15 is 0 Å². The van der Waals surface area contributed by atoms with Gasteiger partial charge in [-0.2, -0.15) is 5.26 Å². The predicted molar refractivity (Wildman–Crippen MR) is 38.2 cm³/mol. The quantitative estimate of drug-likeness (QED) is 0.451. The van der Waals surface area contributed by atoms with Crippen LogP contribution in [0.15, 0.2) is 0 Å². The van der Waals surface area contributed by atoms with Crippen molar-refractivity contribution in [3.05, 3.63) is 11.4 Å². The molecule has 0 radical (unpaired) electrons. The van der Waals surface area contributed by atoms with Gasteiger partial charge in [-0.05, 0) is 6.92 Å². The molecule has 4 heteroatoms. The molecule has 0 saturated carbocycles. The highest BCUT2D eigenvalue weighted by Crippen LogP contribution is 1.94. The summed E-state index contributed by atoms with van der Waals surface area (Å²) in [6, 6.07) is 1.88. The Morgan fingerprint density at radius 3 is 2.64 bits per heavy atom. The van der Waals surface area contributed by atoms with Crippen LogP contribution in [-0.2, 0) is 9.47 Å². The highest BCUT2D eigenvalue weighted by Gasteiger charge is 2.04. The largest absolute Gasteiger partial charge is 0.337 e. The Balaban J connectivity index is 3.30. The molecule has 2 unspecified atom stereocenters. The van der Waals surface area contributed by atoms with Crippen molar-refractivity contribution >= 4 is 0 Å². The molecule has 0 aliphatic rings. The maximum Gasteiger partial charge on any atom is 0.326 e. The molecule has 0 spiro atoms. The summed E-state index contributed by atoms with van der Waals surface area (Å²) in [6.07, 6.45) is -0.978. The molecule has 0 aliphatic heterocycles. The van der Waals surface area contributed by atoms with E-state index in [-0.39, 0.29) is 6.79 Å². The standard InChI is InChI=1S/C7H10N2O2/c1-6(4-8)10-5-11-7(2)9-3/h6-7H,5H2,1-2H3. The summed E-state index contributed by atoms with van der Waals surface area (Å²) in [4.78, 5) is 3.08. The van der Waals surface area contributed by atoms with Crippen molar-refractivity contribution in [3.8, 4) is 6.07 Å². The van der Waals surface area contributed by atoms with Gasteiger partial charge in [-0.15, -0.1) is 0 Å². The van der Waals surface area contributed by atoms with Gasteiger partial charge in [-0.1, -0.05) is 0 Å². The Labute approximate surface area is 66.2 Å². The topological polar surface area (TPSA) is 46.6 Å². The number of nitrogens with zero attached hydrogens (tertiary/aromatic N) is 2. The van der Waals surface area contributed by atoms with E-state index in [2.05, 4.69) is 4.85 Å². The fourth-order valence-corrected chi connectivity index (χ4v) is 0.314. The second-order valence-electron chi connectivity index (χ2n) is 1.95. The second-order valence-corrected chi connectivity index (χ2v) is 1.95.